The molecule has 94 valence electrons. The SMILES string of the molecule is COc1cc(C)c(C2(C)COC2)cc1C(C)C. The summed E-state index contributed by atoms with van der Waals surface area (Å²) in [7, 11) is 1.74. The highest BCUT2D eigenvalue weighted by atomic mass is 16.5. The van der Waals surface area contributed by atoms with Crippen LogP contribution in [-0.4, -0.2) is 20.3 Å². The summed E-state index contributed by atoms with van der Waals surface area (Å²) in [6.07, 6.45) is 0. The van der Waals surface area contributed by atoms with E-state index in [9.17, 15) is 0 Å². The van der Waals surface area contributed by atoms with Crippen molar-refractivity contribution in [3.63, 3.8) is 0 Å². The summed E-state index contributed by atoms with van der Waals surface area (Å²) in [6.45, 7) is 10.5. The average molecular weight is 234 g/mol. The standard InChI is InChI=1S/C15H22O2/c1-10(2)12-7-13(15(4)8-17-9-15)11(3)6-14(12)16-5/h6-7,10H,8-9H2,1-5H3. The predicted molar refractivity (Wildman–Crippen MR) is 70.0 cm³/mol. The number of ether oxygens (including phenoxy) is 2. The van der Waals surface area contributed by atoms with Crippen LogP contribution in [0.2, 0.25) is 0 Å². The van der Waals surface area contributed by atoms with E-state index in [4.69, 9.17) is 9.47 Å². The monoisotopic (exact) mass is 234 g/mol. The topological polar surface area (TPSA) is 18.5 Å². The van der Waals surface area contributed by atoms with Crippen LogP contribution in [0.3, 0.4) is 0 Å². The molecule has 1 aromatic rings. The second kappa shape index (κ2) is 4.34. The van der Waals surface area contributed by atoms with Gasteiger partial charge in [-0.25, -0.2) is 0 Å². The Labute approximate surface area is 104 Å². The predicted octanol–water partition coefficient (Wildman–Crippen LogP) is 3.41. The molecule has 2 nitrogen and oxygen atoms in total. The molecule has 1 aliphatic rings. The van der Waals surface area contributed by atoms with Gasteiger partial charge in [-0.1, -0.05) is 26.8 Å². The lowest BCUT2D eigenvalue weighted by Gasteiger charge is -2.40. The molecule has 0 amide bonds. The lowest BCUT2D eigenvalue weighted by Crippen LogP contribution is -2.44. The van der Waals surface area contributed by atoms with Gasteiger partial charge in [0.1, 0.15) is 5.75 Å². The summed E-state index contributed by atoms with van der Waals surface area (Å²) in [6, 6.07) is 4.47. The zero-order valence-corrected chi connectivity index (χ0v) is 11.5. The van der Waals surface area contributed by atoms with E-state index in [1.807, 2.05) is 0 Å². The normalized spacial score (nSPS) is 18.0. The molecule has 0 spiro atoms. The van der Waals surface area contributed by atoms with Crippen molar-refractivity contribution >= 4 is 0 Å². The molecule has 0 atom stereocenters. The minimum atomic E-state index is 0.194. The van der Waals surface area contributed by atoms with Crippen LogP contribution in [0.4, 0.5) is 0 Å². The van der Waals surface area contributed by atoms with Crippen molar-refractivity contribution in [1.82, 2.24) is 0 Å². The highest BCUT2D eigenvalue weighted by molar-refractivity contribution is 5.47. The number of hydrogen-bond acceptors (Lipinski definition) is 2. The minimum Gasteiger partial charge on any atom is -0.496 e. The third-order valence-corrected chi connectivity index (χ3v) is 3.69. The molecule has 1 fully saturated rings. The Morgan fingerprint density at radius 2 is 1.94 bits per heavy atom. The van der Waals surface area contributed by atoms with E-state index in [1.165, 1.54) is 16.7 Å². The van der Waals surface area contributed by atoms with Gasteiger partial charge in [-0.2, -0.15) is 0 Å². The number of aryl methyl sites for hydroxylation is 1. The van der Waals surface area contributed by atoms with Crippen molar-refractivity contribution in [1.29, 1.82) is 0 Å². The molecular formula is C15H22O2. The summed E-state index contributed by atoms with van der Waals surface area (Å²) in [5.41, 5.74) is 4.20. The van der Waals surface area contributed by atoms with E-state index in [-0.39, 0.29) is 5.41 Å². The fourth-order valence-electron chi connectivity index (χ4n) is 2.54. The van der Waals surface area contributed by atoms with Crippen LogP contribution < -0.4 is 4.74 Å². The zero-order valence-electron chi connectivity index (χ0n) is 11.5. The maximum absolute atomic E-state index is 5.48. The quantitative estimate of drug-likeness (QED) is 0.798. The zero-order chi connectivity index (χ0) is 12.6. The lowest BCUT2D eigenvalue weighted by atomic mass is 9.77. The maximum Gasteiger partial charge on any atom is 0.122 e. The molecule has 0 radical (unpaired) electrons. The molecule has 0 N–H and O–H groups in total. The summed E-state index contributed by atoms with van der Waals surface area (Å²) < 4.78 is 10.8. The molecule has 0 aliphatic carbocycles. The Kier molecular flexibility index (Phi) is 3.17. The Balaban J connectivity index is 2.50. The molecule has 1 heterocycles. The molecule has 1 saturated heterocycles. The Morgan fingerprint density at radius 3 is 2.35 bits per heavy atom. The van der Waals surface area contributed by atoms with E-state index in [0.29, 0.717) is 5.92 Å². The van der Waals surface area contributed by atoms with Crippen LogP contribution in [0.15, 0.2) is 12.1 Å². The molecule has 17 heavy (non-hydrogen) atoms. The summed E-state index contributed by atoms with van der Waals surface area (Å²) in [5.74, 6) is 1.49. The first-order valence-corrected chi connectivity index (χ1v) is 6.24. The maximum atomic E-state index is 5.48. The van der Waals surface area contributed by atoms with E-state index >= 15 is 0 Å². The minimum absolute atomic E-state index is 0.194. The molecule has 0 unspecified atom stereocenters. The number of benzene rings is 1. The van der Waals surface area contributed by atoms with Crippen LogP contribution in [0.5, 0.6) is 5.75 Å². The summed E-state index contributed by atoms with van der Waals surface area (Å²) in [4.78, 5) is 0. The van der Waals surface area contributed by atoms with Crippen LogP contribution in [0.1, 0.15) is 43.4 Å². The Hall–Kier alpha value is -1.02. The van der Waals surface area contributed by atoms with Crippen molar-refractivity contribution in [2.24, 2.45) is 0 Å². The summed E-state index contributed by atoms with van der Waals surface area (Å²) >= 11 is 0. The van der Waals surface area contributed by atoms with E-state index in [1.54, 1.807) is 7.11 Å². The molecule has 1 aromatic carbocycles. The number of methoxy groups -OCH3 is 1. The van der Waals surface area contributed by atoms with Gasteiger partial charge in [0.2, 0.25) is 0 Å². The van der Waals surface area contributed by atoms with Gasteiger partial charge in [0.15, 0.2) is 0 Å². The highest BCUT2D eigenvalue weighted by Crippen LogP contribution is 2.38. The molecule has 0 bridgehead atoms. The van der Waals surface area contributed by atoms with E-state index in [2.05, 4.69) is 39.8 Å². The van der Waals surface area contributed by atoms with Crippen LogP contribution in [0, 0.1) is 6.92 Å². The fraction of sp³-hybridized carbons (Fsp3) is 0.600. The molecular weight excluding hydrogens is 212 g/mol. The second-order valence-corrected chi connectivity index (χ2v) is 5.62. The number of rotatable bonds is 3. The van der Waals surface area contributed by atoms with Gasteiger partial charge < -0.3 is 9.47 Å². The van der Waals surface area contributed by atoms with Gasteiger partial charge in [-0.15, -0.1) is 0 Å². The summed E-state index contributed by atoms with van der Waals surface area (Å²) in [5, 5.41) is 0. The first kappa shape index (κ1) is 12.4. The van der Waals surface area contributed by atoms with Gasteiger partial charge in [0.05, 0.1) is 20.3 Å². The van der Waals surface area contributed by atoms with Crippen molar-refractivity contribution in [2.75, 3.05) is 20.3 Å². The second-order valence-electron chi connectivity index (χ2n) is 5.62. The van der Waals surface area contributed by atoms with Gasteiger partial charge in [-0.05, 0) is 35.6 Å². The molecule has 0 saturated carbocycles. The van der Waals surface area contributed by atoms with Crippen molar-refractivity contribution in [3.8, 4) is 5.75 Å². The van der Waals surface area contributed by atoms with Crippen molar-refractivity contribution < 1.29 is 9.47 Å². The average Bonchev–Trinajstić information content (AvgIpc) is 2.25. The third-order valence-electron chi connectivity index (χ3n) is 3.69. The van der Waals surface area contributed by atoms with E-state index in [0.717, 1.165) is 19.0 Å². The van der Waals surface area contributed by atoms with Crippen molar-refractivity contribution in [3.05, 3.63) is 28.8 Å². The Morgan fingerprint density at radius 1 is 1.29 bits per heavy atom. The van der Waals surface area contributed by atoms with Gasteiger partial charge in [0.25, 0.3) is 0 Å². The van der Waals surface area contributed by atoms with Gasteiger partial charge in [-0.3, -0.25) is 0 Å². The van der Waals surface area contributed by atoms with Crippen LogP contribution in [-0.2, 0) is 10.2 Å². The molecule has 0 aromatic heterocycles. The third kappa shape index (κ3) is 2.06. The molecule has 2 heteroatoms. The largest absolute Gasteiger partial charge is 0.496 e. The molecule has 1 aliphatic heterocycles. The first-order valence-electron chi connectivity index (χ1n) is 6.24. The fourth-order valence-corrected chi connectivity index (χ4v) is 2.54. The van der Waals surface area contributed by atoms with Crippen LogP contribution >= 0.6 is 0 Å². The van der Waals surface area contributed by atoms with Crippen LogP contribution in [0.25, 0.3) is 0 Å². The van der Waals surface area contributed by atoms with Gasteiger partial charge >= 0.3 is 0 Å². The smallest absolute Gasteiger partial charge is 0.122 e. The van der Waals surface area contributed by atoms with Gasteiger partial charge in [0, 0.05) is 5.41 Å². The number of hydrogen-bond donors (Lipinski definition) is 0. The highest BCUT2D eigenvalue weighted by Gasteiger charge is 2.37. The lowest BCUT2D eigenvalue weighted by molar-refractivity contribution is -0.0503. The first-order chi connectivity index (χ1) is 7.98. The van der Waals surface area contributed by atoms with Crippen molar-refractivity contribution in [2.45, 2.75) is 39.0 Å². The molecule has 2 rings (SSSR count). The van der Waals surface area contributed by atoms with E-state index < -0.39 is 0 Å². The Bertz CT molecular complexity index is 417.